The summed E-state index contributed by atoms with van der Waals surface area (Å²) in [5, 5.41) is 9.50. The lowest BCUT2D eigenvalue weighted by molar-refractivity contribution is -0.132. The monoisotopic (exact) mass is 328 g/mol. The number of halogens is 2. The molecule has 0 saturated carbocycles. The van der Waals surface area contributed by atoms with Crippen molar-refractivity contribution in [1.82, 2.24) is 0 Å². The Hall–Kier alpha value is -2.02. The third-order valence-corrected chi connectivity index (χ3v) is 2.49. The molecular weight excluding hydrogens is 319 g/mol. The van der Waals surface area contributed by atoms with E-state index in [1.807, 2.05) is 0 Å². The van der Waals surface area contributed by atoms with Crippen molar-refractivity contribution >= 4 is 39.2 Å². The minimum atomic E-state index is -0.863. The number of hydrogen-bond donors (Lipinski definition) is 2. The van der Waals surface area contributed by atoms with Crippen molar-refractivity contribution in [3.8, 4) is 0 Å². The molecule has 1 aromatic rings. The number of methoxy groups -OCH3 is 1. The van der Waals surface area contributed by atoms with Crippen LogP contribution in [0.15, 0.2) is 34.8 Å². The quantitative estimate of drug-likeness (QED) is 0.505. The third kappa shape index (κ3) is 4.63. The number of benzene rings is 1. The van der Waals surface area contributed by atoms with Crippen molar-refractivity contribution in [2.75, 3.05) is 12.4 Å². The minimum Gasteiger partial charge on any atom is -0.464 e. The van der Waals surface area contributed by atoms with Crippen molar-refractivity contribution in [2.45, 2.75) is 0 Å². The van der Waals surface area contributed by atoms with Gasteiger partial charge in [0.25, 0.3) is 0 Å². The van der Waals surface area contributed by atoms with Crippen molar-refractivity contribution < 1.29 is 18.7 Å². The Bertz CT molecular complexity index is 558. The van der Waals surface area contributed by atoms with E-state index in [1.54, 1.807) is 0 Å². The summed E-state index contributed by atoms with van der Waals surface area (Å²) in [6.07, 6.45) is 1.91. The van der Waals surface area contributed by atoms with E-state index in [0.717, 1.165) is 19.3 Å². The highest BCUT2D eigenvalue weighted by Gasteiger charge is 2.07. The second-order valence-electron chi connectivity index (χ2n) is 3.35. The van der Waals surface area contributed by atoms with Gasteiger partial charge in [-0.1, -0.05) is 15.9 Å². The van der Waals surface area contributed by atoms with Crippen molar-refractivity contribution in [3.63, 3.8) is 0 Å². The van der Waals surface area contributed by atoms with E-state index in [0.29, 0.717) is 4.47 Å². The van der Waals surface area contributed by atoms with Gasteiger partial charge in [0.2, 0.25) is 5.91 Å². The first-order chi connectivity index (χ1) is 8.93. The summed E-state index contributed by atoms with van der Waals surface area (Å²) in [7, 11) is 1.13. The lowest BCUT2D eigenvalue weighted by atomic mass is 10.3. The number of ether oxygens (including phenoxy) is 1. The first-order valence-corrected chi connectivity index (χ1v) is 5.84. The van der Waals surface area contributed by atoms with Crippen molar-refractivity contribution in [1.29, 1.82) is 5.41 Å². The topological polar surface area (TPSA) is 79.2 Å². The highest BCUT2D eigenvalue weighted by Crippen LogP contribution is 2.19. The number of carbonyl (C=O) groups is 2. The van der Waals surface area contributed by atoms with Crippen LogP contribution in [0.3, 0.4) is 0 Å². The molecule has 0 radical (unpaired) electrons. The smallest absolute Gasteiger partial charge is 0.355 e. The SMILES string of the molecule is COC(=O)C(=N)/C=C\C(=O)Nc1cc(Br)ccc1F. The number of hydrogen-bond acceptors (Lipinski definition) is 4. The summed E-state index contributed by atoms with van der Waals surface area (Å²) in [4.78, 5) is 22.3. The van der Waals surface area contributed by atoms with Crippen molar-refractivity contribution in [2.24, 2.45) is 0 Å². The molecule has 0 aliphatic heterocycles. The van der Waals surface area contributed by atoms with Crippen LogP contribution in [0.1, 0.15) is 0 Å². The van der Waals surface area contributed by atoms with Gasteiger partial charge < -0.3 is 10.1 Å². The molecule has 1 rings (SSSR count). The van der Waals surface area contributed by atoms with Crippen LogP contribution in [0.4, 0.5) is 10.1 Å². The molecule has 0 unspecified atom stereocenters. The average molecular weight is 329 g/mol. The first kappa shape index (κ1) is 15.0. The summed E-state index contributed by atoms with van der Waals surface area (Å²) in [6, 6.07) is 4.08. The molecule has 0 aromatic heterocycles. The summed E-state index contributed by atoms with van der Waals surface area (Å²) in [6.45, 7) is 0. The second kappa shape index (κ2) is 6.79. The Balaban J connectivity index is 2.70. The summed E-state index contributed by atoms with van der Waals surface area (Å²) in [5.41, 5.74) is -0.485. The predicted octanol–water partition coefficient (Wildman–Crippen LogP) is 2.28. The zero-order valence-electron chi connectivity index (χ0n) is 9.87. The number of rotatable bonds is 4. The van der Waals surface area contributed by atoms with Gasteiger partial charge in [-0.3, -0.25) is 10.2 Å². The van der Waals surface area contributed by atoms with E-state index in [2.05, 4.69) is 26.0 Å². The molecule has 7 heteroatoms. The van der Waals surface area contributed by atoms with Gasteiger partial charge in [-0.05, 0) is 24.3 Å². The molecule has 100 valence electrons. The van der Waals surface area contributed by atoms with Crippen LogP contribution in [-0.2, 0) is 14.3 Å². The lowest BCUT2D eigenvalue weighted by Crippen LogP contribution is -2.14. The largest absolute Gasteiger partial charge is 0.464 e. The number of esters is 1. The van der Waals surface area contributed by atoms with E-state index in [9.17, 15) is 14.0 Å². The molecule has 0 aliphatic rings. The zero-order valence-corrected chi connectivity index (χ0v) is 11.5. The number of nitrogens with one attached hydrogen (secondary N) is 2. The van der Waals surface area contributed by atoms with Crippen LogP contribution >= 0.6 is 15.9 Å². The molecule has 2 N–H and O–H groups in total. The molecule has 1 aromatic carbocycles. The third-order valence-electron chi connectivity index (χ3n) is 1.99. The zero-order chi connectivity index (χ0) is 14.4. The molecule has 0 aliphatic carbocycles. The molecule has 0 fully saturated rings. The number of anilines is 1. The normalized spacial score (nSPS) is 10.3. The van der Waals surface area contributed by atoms with E-state index < -0.39 is 23.4 Å². The second-order valence-corrected chi connectivity index (χ2v) is 4.27. The van der Waals surface area contributed by atoms with Gasteiger partial charge in [-0.15, -0.1) is 0 Å². The van der Waals surface area contributed by atoms with Gasteiger partial charge in [-0.25, -0.2) is 9.18 Å². The lowest BCUT2D eigenvalue weighted by Gasteiger charge is -2.04. The minimum absolute atomic E-state index is 0.00590. The van der Waals surface area contributed by atoms with Crippen molar-refractivity contribution in [3.05, 3.63) is 40.6 Å². The molecule has 0 saturated heterocycles. The number of amides is 1. The Morgan fingerprint density at radius 2 is 2.11 bits per heavy atom. The van der Waals surface area contributed by atoms with Gasteiger partial charge in [-0.2, -0.15) is 0 Å². The molecule has 5 nitrogen and oxygen atoms in total. The van der Waals surface area contributed by atoms with E-state index in [4.69, 9.17) is 5.41 Å². The Morgan fingerprint density at radius 3 is 2.74 bits per heavy atom. The van der Waals surface area contributed by atoms with E-state index in [-0.39, 0.29) is 5.69 Å². The Morgan fingerprint density at radius 1 is 1.42 bits per heavy atom. The molecular formula is C12H10BrFN2O3. The first-order valence-electron chi connectivity index (χ1n) is 5.05. The van der Waals surface area contributed by atoms with Crippen LogP contribution in [0.5, 0.6) is 0 Å². The molecule has 19 heavy (non-hydrogen) atoms. The highest BCUT2D eigenvalue weighted by molar-refractivity contribution is 9.10. The van der Waals surface area contributed by atoms with Gasteiger partial charge in [0.05, 0.1) is 12.8 Å². The summed E-state index contributed by atoms with van der Waals surface area (Å²) >= 11 is 3.15. The summed E-state index contributed by atoms with van der Waals surface area (Å²) in [5.74, 6) is -2.11. The number of carbonyl (C=O) groups excluding carboxylic acids is 2. The average Bonchev–Trinajstić information content (AvgIpc) is 2.39. The molecule has 0 atom stereocenters. The van der Waals surface area contributed by atoms with Crippen LogP contribution in [-0.4, -0.2) is 24.7 Å². The van der Waals surface area contributed by atoms with Gasteiger partial charge in [0, 0.05) is 10.5 Å². The highest BCUT2D eigenvalue weighted by atomic mass is 79.9. The standard InChI is InChI=1S/C12H10BrFN2O3/c1-19-12(18)9(15)4-5-11(17)16-10-6-7(13)2-3-8(10)14/h2-6,15H,1H3,(H,16,17)/b5-4-,15-9?. The molecule has 0 bridgehead atoms. The van der Waals surface area contributed by atoms with Gasteiger partial charge in [0.1, 0.15) is 11.5 Å². The molecule has 0 heterocycles. The maximum Gasteiger partial charge on any atom is 0.355 e. The van der Waals surface area contributed by atoms with Gasteiger partial charge in [0.15, 0.2) is 0 Å². The molecule has 0 spiro atoms. The fourth-order valence-electron chi connectivity index (χ4n) is 1.10. The Kier molecular flexibility index (Phi) is 5.37. The van der Waals surface area contributed by atoms with Gasteiger partial charge >= 0.3 is 5.97 Å². The van der Waals surface area contributed by atoms with Crippen LogP contribution in [0.25, 0.3) is 0 Å². The van der Waals surface area contributed by atoms with Crippen LogP contribution in [0, 0.1) is 11.2 Å². The maximum absolute atomic E-state index is 13.3. The fraction of sp³-hybridized carbons (Fsp3) is 0.0833. The predicted molar refractivity (Wildman–Crippen MR) is 71.6 cm³/mol. The maximum atomic E-state index is 13.3. The van der Waals surface area contributed by atoms with E-state index >= 15 is 0 Å². The Labute approximate surface area is 117 Å². The van der Waals surface area contributed by atoms with Crippen LogP contribution in [0.2, 0.25) is 0 Å². The van der Waals surface area contributed by atoms with Crippen LogP contribution < -0.4 is 5.32 Å². The molecule has 1 amide bonds. The fourth-order valence-corrected chi connectivity index (χ4v) is 1.47. The summed E-state index contributed by atoms with van der Waals surface area (Å²) < 4.78 is 18.2. The van der Waals surface area contributed by atoms with E-state index in [1.165, 1.54) is 18.2 Å².